The molecule has 0 atom stereocenters. The van der Waals surface area contributed by atoms with Gasteiger partial charge in [0.2, 0.25) is 0 Å². The highest BCUT2D eigenvalue weighted by molar-refractivity contribution is 5.90. The molecule has 2 N–H and O–H groups in total. The highest BCUT2D eigenvalue weighted by Crippen LogP contribution is 2.32. The van der Waals surface area contributed by atoms with E-state index in [1.165, 1.54) is 31.0 Å². The van der Waals surface area contributed by atoms with Gasteiger partial charge in [-0.1, -0.05) is 12.8 Å². The summed E-state index contributed by atoms with van der Waals surface area (Å²) >= 11 is 0. The van der Waals surface area contributed by atoms with E-state index in [1.807, 2.05) is 0 Å². The van der Waals surface area contributed by atoms with Crippen molar-refractivity contribution in [1.82, 2.24) is 0 Å². The smallest absolute Gasteiger partial charge is 0.341 e. The first-order valence-corrected chi connectivity index (χ1v) is 5.39. The average molecular weight is 223 g/mol. The Morgan fingerprint density at radius 3 is 2.94 bits per heavy atom. The van der Waals surface area contributed by atoms with Gasteiger partial charge in [0, 0.05) is 5.69 Å². The first-order valence-electron chi connectivity index (χ1n) is 5.39. The Labute approximate surface area is 93.4 Å². The van der Waals surface area contributed by atoms with Crippen molar-refractivity contribution < 1.29 is 13.9 Å². The van der Waals surface area contributed by atoms with E-state index in [9.17, 15) is 9.18 Å². The predicted octanol–water partition coefficient (Wildman–Crippen LogP) is 2.36. The maximum atomic E-state index is 13.3. The van der Waals surface area contributed by atoms with Crippen LogP contribution in [0.2, 0.25) is 0 Å². The molecule has 1 fully saturated rings. The number of nitrogen functional groups attached to an aromatic ring is 1. The van der Waals surface area contributed by atoms with Gasteiger partial charge in [-0.25, -0.2) is 9.18 Å². The van der Waals surface area contributed by atoms with Gasteiger partial charge in [0.25, 0.3) is 0 Å². The van der Waals surface area contributed by atoms with Crippen molar-refractivity contribution in [3.63, 3.8) is 0 Å². The van der Waals surface area contributed by atoms with E-state index in [2.05, 4.69) is 0 Å². The minimum Gasteiger partial charge on any atom is -0.462 e. The molecular weight excluding hydrogens is 209 g/mol. The molecule has 3 nitrogen and oxygen atoms in total. The van der Waals surface area contributed by atoms with Crippen molar-refractivity contribution >= 4 is 11.7 Å². The van der Waals surface area contributed by atoms with Crippen LogP contribution in [0.15, 0.2) is 18.2 Å². The van der Waals surface area contributed by atoms with Crippen LogP contribution >= 0.6 is 0 Å². The lowest BCUT2D eigenvalue weighted by Gasteiger charge is -2.05. The zero-order chi connectivity index (χ0) is 11.5. The zero-order valence-electron chi connectivity index (χ0n) is 8.91. The molecular formula is C12H14FNO2. The third-order valence-corrected chi connectivity index (χ3v) is 2.67. The fourth-order valence-corrected chi connectivity index (χ4v) is 1.50. The number of carbonyl (C=O) groups excluding carboxylic acids is 1. The Morgan fingerprint density at radius 2 is 2.25 bits per heavy atom. The number of carbonyl (C=O) groups is 1. The van der Waals surface area contributed by atoms with Crippen LogP contribution in [0.4, 0.5) is 10.1 Å². The molecule has 86 valence electrons. The van der Waals surface area contributed by atoms with E-state index in [0.717, 1.165) is 6.42 Å². The van der Waals surface area contributed by atoms with E-state index in [1.54, 1.807) is 0 Å². The molecule has 0 spiro atoms. The number of rotatable bonds is 4. The molecule has 1 saturated carbocycles. The second kappa shape index (κ2) is 4.51. The van der Waals surface area contributed by atoms with Crippen molar-refractivity contribution in [2.75, 3.05) is 12.3 Å². The van der Waals surface area contributed by atoms with E-state index in [-0.39, 0.29) is 5.56 Å². The van der Waals surface area contributed by atoms with Gasteiger partial charge >= 0.3 is 5.97 Å². The van der Waals surface area contributed by atoms with Crippen LogP contribution in [0.5, 0.6) is 0 Å². The quantitative estimate of drug-likeness (QED) is 0.629. The van der Waals surface area contributed by atoms with Crippen molar-refractivity contribution in [3.05, 3.63) is 29.6 Å². The summed E-state index contributed by atoms with van der Waals surface area (Å²) in [7, 11) is 0. The fraction of sp³-hybridized carbons (Fsp3) is 0.417. The van der Waals surface area contributed by atoms with Crippen molar-refractivity contribution in [3.8, 4) is 0 Å². The molecule has 0 bridgehead atoms. The number of anilines is 1. The topological polar surface area (TPSA) is 52.3 Å². The molecule has 0 aromatic heterocycles. The minimum absolute atomic E-state index is 0.0872. The van der Waals surface area contributed by atoms with E-state index in [0.29, 0.717) is 18.2 Å². The molecule has 0 heterocycles. The molecule has 4 heteroatoms. The number of hydrogen-bond acceptors (Lipinski definition) is 3. The summed E-state index contributed by atoms with van der Waals surface area (Å²) in [6.07, 6.45) is 3.30. The highest BCUT2D eigenvalue weighted by Gasteiger charge is 2.21. The van der Waals surface area contributed by atoms with Crippen molar-refractivity contribution in [2.24, 2.45) is 5.92 Å². The molecule has 0 saturated heterocycles. The van der Waals surface area contributed by atoms with Crippen LogP contribution in [0.25, 0.3) is 0 Å². The van der Waals surface area contributed by atoms with Gasteiger partial charge in [0.1, 0.15) is 5.82 Å². The largest absolute Gasteiger partial charge is 0.462 e. The number of halogens is 1. The summed E-state index contributed by atoms with van der Waals surface area (Å²) in [4.78, 5) is 11.5. The Kier molecular flexibility index (Phi) is 3.08. The Bertz CT molecular complexity index is 402. The summed E-state index contributed by atoms with van der Waals surface area (Å²) in [6, 6.07) is 3.89. The van der Waals surface area contributed by atoms with Crippen molar-refractivity contribution in [2.45, 2.75) is 19.3 Å². The molecule has 0 amide bonds. The molecule has 0 radical (unpaired) electrons. The normalized spacial score (nSPS) is 14.8. The number of benzene rings is 1. The standard InChI is InChI=1S/C12H14FNO2/c13-11-4-3-9(14)7-10(11)12(15)16-6-5-8-1-2-8/h3-4,7-8H,1-2,5-6,14H2. The third kappa shape index (κ3) is 2.72. The van der Waals surface area contributed by atoms with Gasteiger partial charge in [0.15, 0.2) is 0 Å². The van der Waals surface area contributed by atoms with Crippen LogP contribution in [0, 0.1) is 11.7 Å². The number of ether oxygens (including phenoxy) is 1. The van der Waals surface area contributed by atoms with Crippen LogP contribution in [-0.4, -0.2) is 12.6 Å². The van der Waals surface area contributed by atoms with Gasteiger partial charge < -0.3 is 10.5 Å². The van der Waals surface area contributed by atoms with Crippen molar-refractivity contribution in [1.29, 1.82) is 0 Å². The number of hydrogen-bond donors (Lipinski definition) is 1. The molecule has 1 aliphatic rings. The molecule has 2 rings (SSSR count). The summed E-state index contributed by atoms with van der Waals surface area (Å²) in [6.45, 7) is 0.359. The van der Waals surface area contributed by atoms with Crippen LogP contribution in [0.3, 0.4) is 0 Å². The number of nitrogens with two attached hydrogens (primary N) is 1. The van der Waals surface area contributed by atoms with Gasteiger partial charge in [-0.15, -0.1) is 0 Å². The lowest BCUT2D eigenvalue weighted by molar-refractivity contribution is 0.0489. The predicted molar refractivity (Wildman–Crippen MR) is 58.4 cm³/mol. The van der Waals surface area contributed by atoms with Gasteiger partial charge in [-0.2, -0.15) is 0 Å². The maximum absolute atomic E-state index is 13.3. The second-order valence-corrected chi connectivity index (χ2v) is 4.11. The minimum atomic E-state index is -0.634. The molecule has 0 aliphatic heterocycles. The molecule has 16 heavy (non-hydrogen) atoms. The van der Waals surface area contributed by atoms with E-state index >= 15 is 0 Å². The highest BCUT2D eigenvalue weighted by atomic mass is 19.1. The molecule has 0 unspecified atom stereocenters. The lowest BCUT2D eigenvalue weighted by Crippen LogP contribution is -2.09. The van der Waals surface area contributed by atoms with Gasteiger partial charge in [-0.05, 0) is 30.5 Å². The fourth-order valence-electron chi connectivity index (χ4n) is 1.50. The molecule has 1 aromatic carbocycles. The second-order valence-electron chi connectivity index (χ2n) is 4.11. The van der Waals surface area contributed by atoms with Crippen LogP contribution < -0.4 is 5.73 Å². The first-order chi connectivity index (χ1) is 7.66. The number of esters is 1. The summed E-state index contributed by atoms with van der Waals surface area (Å²) in [5, 5.41) is 0. The van der Waals surface area contributed by atoms with E-state index < -0.39 is 11.8 Å². The third-order valence-electron chi connectivity index (χ3n) is 2.67. The summed E-state index contributed by atoms with van der Waals surface area (Å²) in [5.74, 6) is -0.533. The zero-order valence-corrected chi connectivity index (χ0v) is 8.91. The summed E-state index contributed by atoms with van der Waals surface area (Å²) in [5.41, 5.74) is 5.75. The average Bonchev–Trinajstić information content (AvgIpc) is 3.05. The molecule has 1 aliphatic carbocycles. The van der Waals surface area contributed by atoms with Gasteiger partial charge in [-0.3, -0.25) is 0 Å². The summed E-state index contributed by atoms with van der Waals surface area (Å²) < 4.78 is 18.2. The SMILES string of the molecule is Nc1ccc(F)c(C(=O)OCCC2CC2)c1. The van der Waals surface area contributed by atoms with E-state index in [4.69, 9.17) is 10.5 Å². The monoisotopic (exact) mass is 223 g/mol. The van der Waals surface area contributed by atoms with Crippen LogP contribution in [0.1, 0.15) is 29.6 Å². The maximum Gasteiger partial charge on any atom is 0.341 e. The Morgan fingerprint density at radius 1 is 1.50 bits per heavy atom. The first kappa shape index (κ1) is 10.9. The lowest BCUT2D eigenvalue weighted by atomic mass is 10.2. The van der Waals surface area contributed by atoms with Gasteiger partial charge in [0.05, 0.1) is 12.2 Å². The molecule has 1 aromatic rings. The van der Waals surface area contributed by atoms with Crippen LogP contribution in [-0.2, 0) is 4.74 Å². The Balaban J connectivity index is 1.93. The Hall–Kier alpha value is -1.58.